The van der Waals surface area contributed by atoms with Crippen LogP contribution in [-0.4, -0.2) is 12.6 Å². The molecule has 0 aromatic heterocycles. The number of anilines is 1. The van der Waals surface area contributed by atoms with Crippen LogP contribution in [0.5, 0.6) is 0 Å². The van der Waals surface area contributed by atoms with E-state index in [4.69, 9.17) is 23.2 Å². The van der Waals surface area contributed by atoms with E-state index in [1.807, 2.05) is 53.4 Å². The van der Waals surface area contributed by atoms with Crippen LogP contribution in [0, 0.1) is 0 Å². The number of hydrogen-bond acceptors (Lipinski definition) is 2. The molecular weight excluding hydrogens is 295 g/mol. The van der Waals surface area contributed by atoms with Crippen LogP contribution < -0.4 is 15.8 Å². The van der Waals surface area contributed by atoms with Gasteiger partial charge in [0.2, 0.25) is 5.96 Å². The van der Waals surface area contributed by atoms with Crippen molar-refractivity contribution in [2.45, 2.75) is 0 Å². The van der Waals surface area contributed by atoms with Crippen LogP contribution in [0.3, 0.4) is 0 Å². The predicted octanol–water partition coefficient (Wildman–Crippen LogP) is 3.55. The van der Waals surface area contributed by atoms with E-state index < -0.39 is 0 Å². The van der Waals surface area contributed by atoms with E-state index in [-0.39, 0.29) is 0 Å². The topological polar surface area (TPSA) is 39.7 Å². The molecule has 1 heterocycles. The zero-order valence-electron chi connectivity index (χ0n) is 10.5. The van der Waals surface area contributed by atoms with Crippen LogP contribution in [0.2, 0.25) is 10.0 Å². The summed E-state index contributed by atoms with van der Waals surface area (Å²) in [6.07, 6.45) is 0. The molecular formula is C14H12Cl2N4. The van der Waals surface area contributed by atoms with Gasteiger partial charge in [0.15, 0.2) is 0 Å². The Kier molecular flexibility index (Phi) is 3.78. The van der Waals surface area contributed by atoms with Gasteiger partial charge < -0.3 is 0 Å². The molecule has 0 spiro atoms. The minimum absolute atomic E-state index is 0.611. The molecule has 0 saturated carbocycles. The average molecular weight is 307 g/mol. The molecule has 1 aliphatic heterocycles. The number of aliphatic imine (C=N–C) groups is 1. The standard InChI is InChI=1S/C14H12Cl2N4/c15-10-3-1-5-12(7-10)18-14-19-17-9-20(14)13-6-2-4-11(16)8-13/h1-8,17H,9H2,(H,18,19). The van der Waals surface area contributed by atoms with Crippen molar-refractivity contribution in [2.24, 2.45) is 4.99 Å². The smallest absolute Gasteiger partial charge is 0.219 e. The fraction of sp³-hybridized carbons (Fsp3) is 0.0714. The van der Waals surface area contributed by atoms with Gasteiger partial charge in [-0.2, -0.15) is 0 Å². The number of guanidine groups is 1. The quantitative estimate of drug-likeness (QED) is 0.891. The third-order valence-corrected chi connectivity index (χ3v) is 3.33. The number of benzene rings is 2. The zero-order chi connectivity index (χ0) is 13.9. The maximum absolute atomic E-state index is 6.03. The van der Waals surface area contributed by atoms with Crippen molar-refractivity contribution < 1.29 is 0 Å². The van der Waals surface area contributed by atoms with E-state index in [0.29, 0.717) is 22.7 Å². The summed E-state index contributed by atoms with van der Waals surface area (Å²) in [7, 11) is 0. The lowest BCUT2D eigenvalue weighted by Crippen LogP contribution is -2.30. The first-order chi connectivity index (χ1) is 9.72. The van der Waals surface area contributed by atoms with Crippen LogP contribution in [0.15, 0.2) is 53.5 Å². The molecule has 1 saturated heterocycles. The van der Waals surface area contributed by atoms with E-state index in [9.17, 15) is 0 Å². The molecule has 1 fully saturated rings. The normalized spacial score (nSPS) is 16.5. The molecule has 0 atom stereocenters. The summed E-state index contributed by atoms with van der Waals surface area (Å²) in [5.74, 6) is 0.703. The molecule has 1 aliphatic rings. The third kappa shape index (κ3) is 2.88. The molecule has 2 N–H and O–H groups in total. The summed E-state index contributed by atoms with van der Waals surface area (Å²) in [5.41, 5.74) is 7.83. The number of nitrogens with zero attached hydrogens (tertiary/aromatic N) is 2. The van der Waals surface area contributed by atoms with E-state index in [0.717, 1.165) is 11.4 Å². The van der Waals surface area contributed by atoms with Crippen molar-refractivity contribution in [1.29, 1.82) is 0 Å². The number of halogens is 2. The maximum Gasteiger partial charge on any atom is 0.219 e. The van der Waals surface area contributed by atoms with E-state index in [1.165, 1.54) is 0 Å². The fourth-order valence-corrected chi connectivity index (χ4v) is 2.32. The lowest BCUT2D eigenvalue weighted by Gasteiger charge is -2.16. The molecule has 0 unspecified atom stereocenters. The van der Waals surface area contributed by atoms with Crippen molar-refractivity contribution in [3.05, 3.63) is 58.6 Å². The lowest BCUT2D eigenvalue weighted by molar-refractivity contribution is 0.741. The van der Waals surface area contributed by atoms with E-state index in [2.05, 4.69) is 15.8 Å². The van der Waals surface area contributed by atoms with Gasteiger partial charge in [-0.25, -0.2) is 10.4 Å². The average Bonchev–Trinajstić information content (AvgIpc) is 2.87. The van der Waals surface area contributed by atoms with Crippen LogP contribution in [0.4, 0.5) is 11.4 Å². The Bertz CT molecular complexity index is 657. The highest BCUT2D eigenvalue weighted by atomic mass is 35.5. The van der Waals surface area contributed by atoms with Gasteiger partial charge in [-0.1, -0.05) is 35.3 Å². The Morgan fingerprint density at radius 1 is 1.00 bits per heavy atom. The van der Waals surface area contributed by atoms with Gasteiger partial charge in [0, 0.05) is 15.7 Å². The Labute approximate surface area is 127 Å². The number of nitrogens with one attached hydrogen (secondary N) is 2. The molecule has 102 valence electrons. The van der Waals surface area contributed by atoms with Crippen LogP contribution in [0.25, 0.3) is 0 Å². The van der Waals surface area contributed by atoms with Crippen molar-refractivity contribution in [1.82, 2.24) is 10.9 Å². The monoisotopic (exact) mass is 306 g/mol. The number of rotatable bonds is 2. The van der Waals surface area contributed by atoms with Crippen molar-refractivity contribution in [3.63, 3.8) is 0 Å². The summed E-state index contributed by atoms with van der Waals surface area (Å²) in [4.78, 5) is 6.54. The molecule has 0 amide bonds. The third-order valence-electron chi connectivity index (χ3n) is 2.86. The molecule has 3 rings (SSSR count). The second-order valence-electron chi connectivity index (χ2n) is 4.28. The summed E-state index contributed by atoms with van der Waals surface area (Å²) >= 11 is 12.0. The van der Waals surface area contributed by atoms with Gasteiger partial charge in [0.25, 0.3) is 0 Å². The van der Waals surface area contributed by atoms with Gasteiger partial charge in [-0.3, -0.25) is 10.3 Å². The van der Waals surface area contributed by atoms with Crippen LogP contribution >= 0.6 is 23.2 Å². The minimum atomic E-state index is 0.611. The molecule has 0 aliphatic carbocycles. The Morgan fingerprint density at radius 3 is 2.50 bits per heavy atom. The van der Waals surface area contributed by atoms with Crippen LogP contribution in [-0.2, 0) is 0 Å². The first kappa shape index (κ1) is 13.2. The largest absolute Gasteiger partial charge is 0.296 e. The molecule has 6 heteroatoms. The molecule has 0 radical (unpaired) electrons. The van der Waals surface area contributed by atoms with Crippen molar-refractivity contribution in [3.8, 4) is 0 Å². The molecule has 2 aromatic carbocycles. The summed E-state index contributed by atoms with van der Waals surface area (Å²) in [6.45, 7) is 0.611. The SMILES string of the molecule is Clc1cccc(N=C2NNCN2c2cccc(Cl)c2)c1. The summed E-state index contributed by atoms with van der Waals surface area (Å²) in [5, 5.41) is 1.35. The highest BCUT2D eigenvalue weighted by Gasteiger charge is 2.19. The molecule has 2 aromatic rings. The Morgan fingerprint density at radius 2 is 1.75 bits per heavy atom. The van der Waals surface area contributed by atoms with Crippen LogP contribution in [0.1, 0.15) is 0 Å². The van der Waals surface area contributed by atoms with E-state index in [1.54, 1.807) is 0 Å². The van der Waals surface area contributed by atoms with Gasteiger partial charge in [0.05, 0.1) is 12.4 Å². The van der Waals surface area contributed by atoms with Gasteiger partial charge >= 0.3 is 0 Å². The summed E-state index contributed by atoms with van der Waals surface area (Å²) in [6, 6.07) is 15.0. The molecule has 4 nitrogen and oxygen atoms in total. The number of hydrogen-bond donors (Lipinski definition) is 2. The lowest BCUT2D eigenvalue weighted by atomic mass is 10.3. The van der Waals surface area contributed by atoms with E-state index >= 15 is 0 Å². The van der Waals surface area contributed by atoms with Gasteiger partial charge in [-0.05, 0) is 36.4 Å². The second kappa shape index (κ2) is 5.71. The first-order valence-electron chi connectivity index (χ1n) is 6.08. The highest BCUT2D eigenvalue weighted by molar-refractivity contribution is 6.31. The fourth-order valence-electron chi connectivity index (χ4n) is 1.95. The maximum atomic E-state index is 6.03. The zero-order valence-corrected chi connectivity index (χ0v) is 12.0. The number of hydrazine groups is 1. The summed E-state index contributed by atoms with van der Waals surface area (Å²) < 4.78 is 0. The first-order valence-corrected chi connectivity index (χ1v) is 6.84. The van der Waals surface area contributed by atoms with Crippen molar-refractivity contribution >= 4 is 40.5 Å². The molecule has 20 heavy (non-hydrogen) atoms. The second-order valence-corrected chi connectivity index (χ2v) is 5.16. The van der Waals surface area contributed by atoms with Crippen molar-refractivity contribution in [2.75, 3.05) is 11.6 Å². The Hall–Kier alpha value is -1.75. The highest BCUT2D eigenvalue weighted by Crippen LogP contribution is 2.22. The Balaban J connectivity index is 1.93. The molecule has 0 bridgehead atoms. The minimum Gasteiger partial charge on any atom is -0.296 e. The van der Waals surface area contributed by atoms with Gasteiger partial charge in [-0.15, -0.1) is 0 Å². The van der Waals surface area contributed by atoms with Gasteiger partial charge in [0.1, 0.15) is 0 Å². The predicted molar refractivity (Wildman–Crippen MR) is 83.6 cm³/mol.